The van der Waals surface area contributed by atoms with Gasteiger partial charge in [-0.2, -0.15) is 0 Å². The summed E-state index contributed by atoms with van der Waals surface area (Å²) in [5.41, 5.74) is 4.54. The summed E-state index contributed by atoms with van der Waals surface area (Å²) in [6.45, 7) is 6.35. The van der Waals surface area contributed by atoms with Gasteiger partial charge in [0.2, 0.25) is 0 Å². The predicted octanol–water partition coefficient (Wildman–Crippen LogP) is 4.15. The quantitative estimate of drug-likeness (QED) is 0.800. The monoisotopic (exact) mass is 236 g/mol. The van der Waals surface area contributed by atoms with E-state index in [2.05, 4.69) is 72.3 Å². The minimum atomic E-state index is 0.236. The number of nitrogens with zero attached hydrogens (tertiary/aromatic N) is 1. The van der Waals surface area contributed by atoms with Gasteiger partial charge in [0, 0.05) is 11.4 Å². The fraction of sp³-hybridized carbons (Fsp3) is 0.125. The lowest BCUT2D eigenvalue weighted by atomic mass is 10.1. The van der Waals surface area contributed by atoms with Crippen LogP contribution in [0.3, 0.4) is 0 Å². The molecular weight excluding hydrogens is 220 g/mol. The lowest BCUT2D eigenvalue weighted by Crippen LogP contribution is -2.34. The van der Waals surface area contributed by atoms with Crippen LogP contribution in [0.1, 0.15) is 6.92 Å². The molecule has 0 amide bonds. The summed E-state index contributed by atoms with van der Waals surface area (Å²) >= 11 is 0. The Labute approximate surface area is 108 Å². The van der Waals surface area contributed by atoms with Crippen LogP contribution >= 0.6 is 0 Å². The SMILES string of the molecule is C=C1C(C)Nc2ccccc2N1c1ccccc1. The highest BCUT2D eigenvalue weighted by molar-refractivity contribution is 5.82. The molecule has 0 aromatic heterocycles. The van der Waals surface area contributed by atoms with Crippen molar-refractivity contribution >= 4 is 17.1 Å². The first-order valence-electron chi connectivity index (χ1n) is 6.17. The van der Waals surface area contributed by atoms with E-state index in [1.54, 1.807) is 0 Å². The Morgan fingerprint density at radius 1 is 1.00 bits per heavy atom. The number of nitrogens with one attached hydrogen (secondary N) is 1. The van der Waals surface area contributed by atoms with Crippen molar-refractivity contribution < 1.29 is 0 Å². The molecule has 18 heavy (non-hydrogen) atoms. The molecule has 0 bridgehead atoms. The molecule has 0 saturated carbocycles. The number of hydrogen-bond donors (Lipinski definition) is 1. The number of fused-ring (bicyclic) bond motifs is 1. The fourth-order valence-electron chi connectivity index (χ4n) is 2.34. The Bertz CT molecular complexity index is 575. The van der Waals surface area contributed by atoms with E-state index in [0.717, 1.165) is 22.8 Å². The maximum atomic E-state index is 4.22. The molecule has 3 rings (SSSR count). The largest absolute Gasteiger partial charge is 0.375 e. The van der Waals surface area contributed by atoms with E-state index < -0.39 is 0 Å². The molecule has 2 aromatic rings. The molecule has 0 aliphatic carbocycles. The fourth-order valence-corrected chi connectivity index (χ4v) is 2.34. The van der Waals surface area contributed by atoms with Crippen molar-refractivity contribution in [2.24, 2.45) is 0 Å². The first-order valence-corrected chi connectivity index (χ1v) is 6.17. The van der Waals surface area contributed by atoms with Gasteiger partial charge in [-0.15, -0.1) is 0 Å². The second-order valence-electron chi connectivity index (χ2n) is 4.55. The molecule has 0 saturated heterocycles. The molecule has 1 atom stereocenters. The number of para-hydroxylation sites is 3. The normalized spacial score (nSPS) is 18.2. The molecule has 1 N–H and O–H groups in total. The number of hydrogen-bond acceptors (Lipinski definition) is 2. The van der Waals surface area contributed by atoms with Crippen molar-refractivity contribution in [2.75, 3.05) is 10.2 Å². The zero-order valence-electron chi connectivity index (χ0n) is 10.4. The van der Waals surface area contributed by atoms with E-state index in [1.165, 1.54) is 0 Å². The second kappa shape index (κ2) is 4.22. The first kappa shape index (κ1) is 10.9. The van der Waals surface area contributed by atoms with Crippen LogP contribution in [0.5, 0.6) is 0 Å². The van der Waals surface area contributed by atoms with Crippen LogP contribution in [-0.4, -0.2) is 6.04 Å². The van der Waals surface area contributed by atoms with Crippen LogP contribution < -0.4 is 10.2 Å². The van der Waals surface area contributed by atoms with Crippen LogP contribution in [0.4, 0.5) is 17.1 Å². The molecule has 1 aliphatic rings. The average Bonchev–Trinajstić information content (AvgIpc) is 2.41. The molecular formula is C16H16N2. The third kappa shape index (κ3) is 1.66. The Kier molecular flexibility index (Phi) is 2.56. The van der Waals surface area contributed by atoms with Crippen molar-refractivity contribution in [2.45, 2.75) is 13.0 Å². The van der Waals surface area contributed by atoms with E-state index in [1.807, 2.05) is 6.07 Å². The molecule has 2 nitrogen and oxygen atoms in total. The first-order chi connectivity index (χ1) is 8.77. The summed E-state index contributed by atoms with van der Waals surface area (Å²) in [6.07, 6.45) is 0. The van der Waals surface area contributed by atoms with Gasteiger partial charge in [0.25, 0.3) is 0 Å². The number of benzene rings is 2. The highest BCUT2D eigenvalue weighted by Crippen LogP contribution is 2.39. The zero-order valence-corrected chi connectivity index (χ0v) is 10.4. The summed E-state index contributed by atoms with van der Waals surface area (Å²) in [7, 11) is 0. The maximum Gasteiger partial charge on any atom is 0.0691 e. The lowest BCUT2D eigenvalue weighted by Gasteiger charge is -2.37. The van der Waals surface area contributed by atoms with Crippen molar-refractivity contribution in [3.63, 3.8) is 0 Å². The molecule has 1 aliphatic heterocycles. The van der Waals surface area contributed by atoms with E-state index in [4.69, 9.17) is 0 Å². The van der Waals surface area contributed by atoms with Crippen LogP contribution in [-0.2, 0) is 0 Å². The minimum absolute atomic E-state index is 0.236. The van der Waals surface area contributed by atoms with E-state index >= 15 is 0 Å². The molecule has 2 heteroatoms. The molecule has 1 heterocycles. The van der Waals surface area contributed by atoms with E-state index in [9.17, 15) is 0 Å². The lowest BCUT2D eigenvalue weighted by molar-refractivity contribution is 0.866. The molecule has 0 spiro atoms. The highest BCUT2D eigenvalue weighted by atomic mass is 15.2. The van der Waals surface area contributed by atoms with Crippen LogP contribution in [0, 0.1) is 0 Å². The van der Waals surface area contributed by atoms with Gasteiger partial charge in [-0.3, -0.25) is 0 Å². The van der Waals surface area contributed by atoms with Gasteiger partial charge in [-0.05, 0) is 31.2 Å². The van der Waals surface area contributed by atoms with Crippen LogP contribution in [0.15, 0.2) is 66.9 Å². The molecule has 2 aromatic carbocycles. The van der Waals surface area contributed by atoms with E-state index in [-0.39, 0.29) is 6.04 Å². The average molecular weight is 236 g/mol. The standard InChI is InChI=1S/C16H16N2/c1-12-13(2)18(14-8-4-3-5-9-14)16-11-7-6-10-15(16)17-12/h3-12,17H,2H2,1H3. The van der Waals surface area contributed by atoms with Crippen molar-refractivity contribution in [3.05, 3.63) is 66.9 Å². The minimum Gasteiger partial charge on any atom is -0.375 e. The van der Waals surface area contributed by atoms with Crippen molar-refractivity contribution in [1.82, 2.24) is 0 Å². The Balaban J connectivity index is 2.15. The van der Waals surface area contributed by atoms with Gasteiger partial charge in [-0.1, -0.05) is 36.9 Å². The zero-order chi connectivity index (χ0) is 12.5. The second-order valence-corrected chi connectivity index (χ2v) is 4.55. The van der Waals surface area contributed by atoms with Gasteiger partial charge in [0.15, 0.2) is 0 Å². The number of rotatable bonds is 1. The third-order valence-corrected chi connectivity index (χ3v) is 3.32. The highest BCUT2D eigenvalue weighted by Gasteiger charge is 2.25. The van der Waals surface area contributed by atoms with Gasteiger partial charge in [0.1, 0.15) is 0 Å². The van der Waals surface area contributed by atoms with Gasteiger partial charge < -0.3 is 10.2 Å². The van der Waals surface area contributed by atoms with Crippen LogP contribution in [0.2, 0.25) is 0 Å². The predicted molar refractivity (Wildman–Crippen MR) is 77.2 cm³/mol. The molecule has 90 valence electrons. The summed E-state index contributed by atoms with van der Waals surface area (Å²) in [5, 5.41) is 3.47. The van der Waals surface area contributed by atoms with Crippen LogP contribution in [0.25, 0.3) is 0 Å². The third-order valence-electron chi connectivity index (χ3n) is 3.32. The summed E-state index contributed by atoms with van der Waals surface area (Å²) in [4.78, 5) is 2.22. The van der Waals surface area contributed by atoms with Crippen molar-refractivity contribution in [3.8, 4) is 0 Å². The maximum absolute atomic E-state index is 4.22. The van der Waals surface area contributed by atoms with Gasteiger partial charge >= 0.3 is 0 Å². The summed E-state index contributed by atoms with van der Waals surface area (Å²) in [6, 6.07) is 18.9. The smallest absolute Gasteiger partial charge is 0.0691 e. The molecule has 0 radical (unpaired) electrons. The van der Waals surface area contributed by atoms with E-state index in [0.29, 0.717) is 0 Å². The number of anilines is 3. The Morgan fingerprint density at radius 2 is 1.67 bits per heavy atom. The Morgan fingerprint density at radius 3 is 2.44 bits per heavy atom. The summed E-state index contributed by atoms with van der Waals surface area (Å²) < 4.78 is 0. The molecule has 0 fully saturated rings. The van der Waals surface area contributed by atoms with Gasteiger partial charge in [0.05, 0.1) is 17.4 Å². The van der Waals surface area contributed by atoms with Crippen molar-refractivity contribution in [1.29, 1.82) is 0 Å². The topological polar surface area (TPSA) is 15.3 Å². The molecule has 1 unspecified atom stereocenters. The Hall–Kier alpha value is -2.22. The van der Waals surface area contributed by atoms with Gasteiger partial charge in [-0.25, -0.2) is 0 Å². The summed E-state index contributed by atoms with van der Waals surface area (Å²) in [5.74, 6) is 0.